The Kier molecular flexibility index (Phi) is 5.32. The first-order valence-corrected chi connectivity index (χ1v) is 7.50. The Balaban J connectivity index is 2.70. The molecule has 0 bridgehead atoms. The maximum absolute atomic E-state index is 11.6. The summed E-state index contributed by atoms with van der Waals surface area (Å²) in [6.07, 6.45) is -2.13. The fraction of sp³-hybridized carbons (Fsp3) is 1.00. The highest BCUT2D eigenvalue weighted by Crippen LogP contribution is 2.54. The smallest absolute Gasteiger partial charge is 0.386 e. The van der Waals surface area contributed by atoms with Crippen LogP contribution in [0.25, 0.3) is 0 Å². The normalized spacial score (nSPS) is 38.5. The van der Waals surface area contributed by atoms with Gasteiger partial charge in [-0.1, -0.05) is 12.2 Å². The monoisotopic (exact) mass is 270 g/mol. The molecular weight excluding hydrogens is 254 g/mol. The van der Waals surface area contributed by atoms with Crippen LogP contribution in [0.15, 0.2) is 0 Å². The van der Waals surface area contributed by atoms with Gasteiger partial charge in [0.1, 0.15) is 26.2 Å². The zero-order valence-corrected chi connectivity index (χ0v) is 11.2. The first-order chi connectivity index (χ1) is 7.41. The molecule has 1 aliphatic rings. The van der Waals surface area contributed by atoms with E-state index in [9.17, 15) is 9.67 Å². The fourth-order valence-electron chi connectivity index (χ4n) is 1.55. The summed E-state index contributed by atoms with van der Waals surface area (Å²) in [5.74, 6) is 0. The van der Waals surface area contributed by atoms with Gasteiger partial charge in [0.25, 0.3) is 0 Å². The fourth-order valence-corrected chi connectivity index (χ4v) is 2.53. The van der Waals surface area contributed by atoms with Gasteiger partial charge >= 0.3 is 6.80 Å². The van der Waals surface area contributed by atoms with Gasteiger partial charge in [-0.15, -0.1) is 0 Å². The lowest BCUT2D eigenvalue weighted by Crippen LogP contribution is -2.36. The van der Waals surface area contributed by atoms with Crippen LogP contribution in [0.2, 0.25) is 0 Å². The van der Waals surface area contributed by atoms with E-state index in [2.05, 4.69) is 16.8 Å². The lowest BCUT2D eigenvalue weighted by atomic mass is 9.93. The quantitative estimate of drug-likeness (QED) is 0.395. The summed E-state index contributed by atoms with van der Waals surface area (Å²) < 4.78 is 31.6. The van der Waals surface area contributed by atoms with Crippen molar-refractivity contribution in [3.05, 3.63) is 0 Å². The topological polar surface area (TPSA) is 74.2 Å². The van der Waals surface area contributed by atoms with E-state index in [1.165, 1.54) is 14.2 Å². The van der Waals surface area contributed by atoms with Gasteiger partial charge in [-0.05, 0) is 0 Å². The second-order valence-electron chi connectivity index (χ2n) is 3.55. The third kappa shape index (κ3) is 3.47. The minimum Gasteiger partial charge on any atom is -0.388 e. The molecule has 0 aromatic carbocycles. The molecule has 1 heterocycles. The van der Waals surface area contributed by atoms with Crippen LogP contribution in [-0.2, 0) is 23.1 Å². The Morgan fingerprint density at radius 2 is 2.19 bits per heavy atom. The molecule has 9 heteroatoms. The van der Waals surface area contributed by atoms with Crippen molar-refractivity contribution >= 4 is 26.9 Å². The van der Waals surface area contributed by atoms with Gasteiger partial charge < -0.3 is 19.1 Å². The van der Waals surface area contributed by atoms with Crippen LogP contribution in [0.3, 0.4) is 0 Å². The molecule has 0 aliphatic carbocycles. The molecule has 1 fully saturated rings. The van der Waals surface area contributed by atoms with E-state index < -0.39 is 31.1 Å². The highest BCUT2D eigenvalue weighted by atomic mass is 32.7. The van der Waals surface area contributed by atoms with Crippen LogP contribution < -0.4 is 0 Å². The molecule has 5 atom stereocenters. The Morgan fingerprint density at radius 3 is 2.69 bits per heavy atom. The van der Waals surface area contributed by atoms with E-state index in [4.69, 9.17) is 14.0 Å². The van der Waals surface area contributed by atoms with Gasteiger partial charge in [-0.25, -0.2) is 4.57 Å². The predicted octanol–water partition coefficient (Wildman–Crippen LogP) is -0.579. The van der Waals surface area contributed by atoms with Gasteiger partial charge in [-0.3, -0.25) is 4.52 Å². The van der Waals surface area contributed by atoms with Crippen LogP contribution in [0.5, 0.6) is 0 Å². The maximum atomic E-state index is 11.6. The zero-order chi connectivity index (χ0) is 12.3. The van der Waals surface area contributed by atoms with E-state index in [0.29, 0.717) is 0 Å². The van der Waals surface area contributed by atoms with Crippen LogP contribution in [0.4, 0.5) is 0 Å². The molecular formula is C7H16BO6PS. The van der Waals surface area contributed by atoms with Crippen molar-refractivity contribution in [1.29, 1.82) is 0 Å². The second kappa shape index (κ2) is 5.86. The number of thiol groups is 1. The maximum Gasteiger partial charge on any atom is 0.386 e. The molecule has 94 valence electrons. The molecule has 1 saturated heterocycles. The van der Waals surface area contributed by atoms with Gasteiger partial charge in [0.05, 0.1) is 12.6 Å². The minimum absolute atomic E-state index is 0.240. The van der Waals surface area contributed by atoms with E-state index in [-0.39, 0.29) is 6.61 Å². The Morgan fingerprint density at radius 1 is 1.56 bits per heavy atom. The van der Waals surface area contributed by atoms with Crippen molar-refractivity contribution in [1.82, 2.24) is 0 Å². The summed E-state index contributed by atoms with van der Waals surface area (Å²) in [6, 6.07) is -0.407. The van der Waals surface area contributed by atoms with Crippen molar-refractivity contribution < 1.29 is 28.2 Å². The van der Waals surface area contributed by atoms with E-state index >= 15 is 0 Å². The van der Waals surface area contributed by atoms with Crippen molar-refractivity contribution in [2.45, 2.75) is 24.3 Å². The molecule has 1 N–H and O–H groups in total. The molecule has 0 saturated carbocycles. The summed E-state index contributed by atoms with van der Waals surface area (Å²) in [7, 11) is 4.43. The number of hydrogen-bond donors (Lipinski definition) is 2. The molecule has 0 amide bonds. The molecule has 16 heavy (non-hydrogen) atoms. The summed E-state index contributed by atoms with van der Waals surface area (Å²) in [5, 5.41) is 9.80. The lowest BCUT2D eigenvalue weighted by Gasteiger charge is -2.22. The highest BCUT2D eigenvalue weighted by Gasteiger charge is 2.45. The van der Waals surface area contributed by atoms with Crippen molar-refractivity contribution in [2.24, 2.45) is 0 Å². The second-order valence-corrected chi connectivity index (χ2v) is 6.53. The molecule has 0 spiro atoms. The third-order valence-electron chi connectivity index (χ3n) is 2.39. The van der Waals surface area contributed by atoms with Crippen LogP contribution in [-0.4, -0.2) is 58.1 Å². The molecule has 1 aliphatic heterocycles. The number of ether oxygens (including phenoxy) is 2. The lowest BCUT2D eigenvalue weighted by molar-refractivity contribution is -0.0139. The average molecular weight is 270 g/mol. The van der Waals surface area contributed by atoms with Gasteiger partial charge in [-0.2, -0.15) is 0 Å². The zero-order valence-electron chi connectivity index (χ0n) is 9.40. The van der Waals surface area contributed by atoms with Crippen molar-refractivity contribution in [3.63, 3.8) is 0 Å². The predicted molar refractivity (Wildman–Crippen MR) is 63.6 cm³/mol. The molecule has 6 nitrogen and oxygen atoms in total. The van der Waals surface area contributed by atoms with Crippen LogP contribution >= 0.6 is 19.0 Å². The number of hydrogen-bond acceptors (Lipinski definition) is 6. The molecule has 1 rings (SSSR count). The van der Waals surface area contributed by atoms with Gasteiger partial charge in [0, 0.05) is 14.2 Å². The summed E-state index contributed by atoms with van der Waals surface area (Å²) >= 11 is 3.74. The Labute approximate surface area is 101 Å². The van der Waals surface area contributed by atoms with E-state index in [1.807, 2.05) is 0 Å². The van der Waals surface area contributed by atoms with Crippen LogP contribution in [0.1, 0.15) is 0 Å². The first kappa shape index (κ1) is 14.5. The third-order valence-corrected chi connectivity index (χ3v) is 4.13. The minimum atomic E-state index is -3.45. The van der Waals surface area contributed by atoms with Crippen molar-refractivity contribution in [3.8, 4) is 0 Å². The van der Waals surface area contributed by atoms with Crippen LogP contribution in [0, 0.1) is 0 Å². The number of aliphatic hydroxyl groups excluding tert-OH is 1. The average Bonchev–Trinajstić information content (AvgIpc) is 2.47. The molecule has 0 aromatic rings. The van der Waals surface area contributed by atoms with Crippen molar-refractivity contribution in [2.75, 3.05) is 20.8 Å². The first-order valence-electron chi connectivity index (χ1n) is 4.80. The van der Waals surface area contributed by atoms with Gasteiger partial charge in [0.15, 0.2) is 0 Å². The number of aliphatic hydroxyl groups is 1. The van der Waals surface area contributed by atoms with Gasteiger partial charge in [0.2, 0.25) is 0 Å². The summed E-state index contributed by atoms with van der Waals surface area (Å²) in [6.45, 7) is -3.21. The highest BCUT2D eigenvalue weighted by molar-refractivity contribution is 8.44. The van der Waals surface area contributed by atoms with E-state index in [0.717, 1.165) is 0 Å². The number of methoxy groups -OCH3 is 1. The summed E-state index contributed by atoms with van der Waals surface area (Å²) in [4.78, 5) is 0. The van der Waals surface area contributed by atoms with E-state index in [1.54, 1.807) is 7.85 Å². The number of rotatable bonds is 5. The Bertz CT molecular complexity index is 280. The summed E-state index contributed by atoms with van der Waals surface area (Å²) in [5.41, 5.74) is 0. The molecule has 0 aromatic heterocycles. The largest absolute Gasteiger partial charge is 0.388 e. The SMILES string of the molecule is BC1OC(COC)C(OP(=O)(S)OC)C1O. The molecule has 0 radical (unpaired) electrons. The molecule has 5 unspecified atom stereocenters. The standard InChI is InChI=1S/C7H16BO6PS/c1-11-3-4-6(5(9)7(8)13-4)14-15(10,16)12-2/h4-7,9H,3,8H2,1-2H3,(H,10,16). The Hall–Kier alpha value is 0.445.